The summed E-state index contributed by atoms with van der Waals surface area (Å²) in [6.07, 6.45) is 0.973. The number of nitrogens with one attached hydrogen (secondary N) is 1. The first-order valence-electron chi connectivity index (χ1n) is 7.18. The van der Waals surface area contributed by atoms with Gasteiger partial charge in [-0.05, 0) is 30.3 Å². The van der Waals surface area contributed by atoms with Gasteiger partial charge in [0, 0.05) is 11.9 Å². The van der Waals surface area contributed by atoms with E-state index in [9.17, 15) is 18.0 Å². The maximum atomic E-state index is 12.1. The van der Waals surface area contributed by atoms with Gasteiger partial charge in [0.2, 0.25) is 0 Å². The largest absolute Gasteiger partial charge is 0.452 e. The molecule has 134 valence electrons. The number of hydrogen-bond donors (Lipinski definition) is 1. The average Bonchev–Trinajstić information content (AvgIpc) is 2.59. The number of sulfone groups is 1. The first kappa shape index (κ1) is 19.4. The number of rotatable bonds is 5. The topological polar surface area (TPSA) is 113 Å². The quantitative estimate of drug-likeness (QED) is 0.781. The minimum atomic E-state index is -3.62. The fraction of sp³-hybridized carbons (Fsp3) is 0.118. The molecule has 2 rings (SSSR count). The van der Waals surface area contributed by atoms with Crippen molar-refractivity contribution >= 4 is 39.0 Å². The molecule has 0 saturated carbocycles. The number of carbonyl (C=O) groups is 2. The van der Waals surface area contributed by atoms with Crippen LogP contribution in [0.3, 0.4) is 0 Å². The summed E-state index contributed by atoms with van der Waals surface area (Å²) in [5, 5.41) is 11.4. The van der Waals surface area contributed by atoms with E-state index in [-0.39, 0.29) is 21.0 Å². The van der Waals surface area contributed by atoms with E-state index in [0.717, 1.165) is 6.26 Å². The highest BCUT2D eigenvalue weighted by Crippen LogP contribution is 2.20. The predicted molar refractivity (Wildman–Crippen MR) is 94.6 cm³/mol. The third-order valence-corrected chi connectivity index (χ3v) is 4.68. The molecule has 0 aliphatic rings. The van der Waals surface area contributed by atoms with E-state index in [1.54, 1.807) is 0 Å². The number of ether oxygens (including phenoxy) is 1. The lowest BCUT2D eigenvalue weighted by Crippen LogP contribution is -2.21. The van der Waals surface area contributed by atoms with Gasteiger partial charge < -0.3 is 10.1 Å². The molecule has 0 bridgehead atoms. The predicted octanol–water partition coefficient (Wildman–Crippen LogP) is 2.41. The van der Waals surface area contributed by atoms with E-state index >= 15 is 0 Å². The number of nitrogens with zero attached hydrogens (tertiary/aromatic N) is 1. The second-order valence-electron chi connectivity index (χ2n) is 5.20. The maximum absolute atomic E-state index is 12.1. The van der Waals surface area contributed by atoms with Crippen molar-refractivity contribution < 1.29 is 22.7 Å². The summed E-state index contributed by atoms with van der Waals surface area (Å²) in [7, 11) is -3.62. The number of halogens is 1. The lowest BCUT2D eigenvalue weighted by molar-refractivity contribution is -0.119. The van der Waals surface area contributed by atoms with Crippen LogP contribution in [0.5, 0.6) is 0 Å². The molecule has 0 heterocycles. The Morgan fingerprint density at radius 2 is 1.92 bits per heavy atom. The van der Waals surface area contributed by atoms with E-state index < -0.39 is 28.3 Å². The molecule has 2 aromatic carbocycles. The minimum Gasteiger partial charge on any atom is -0.452 e. The van der Waals surface area contributed by atoms with Crippen molar-refractivity contribution in [1.29, 1.82) is 5.26 Å². The van der Waals surface area contributed by atoms with Crippen LogP contribution in [0.25, 0.3) is 0 Å². The number of carbonyl (C=O) groups excluding carboxylic acids is 2. The van der Waals surface area contributed by atoms with Crippen molar-refractivity contribution in [3.05, 3.63) is 58.6 Å². The Bertz CT molecular complexity index is 1010. The number of esters is 1. The van der Waals surface area contributed by atoms with E-state index in [1.165, 1.54) is 42.5 Å². The first-order chi connectivity index (χ1) is 12.2. The summed E-state index contributed by atoms with van der Waals surface area (Å²) in [6.45, 7) is -0.617. The molecule has 2 aromatic rings. The summed E-state index contributed by atoms with van der Waals surface area (Å²) in [6, 6.07) is 11.7. The molecular weight excluding hydrogens is 380 g/mol. The highest BCUT2D eigenvalue weighted by molar-refractivity contribution is 7.90. The van der Waals surface area contributed by atoms with Gasteiger partial charge in [-0.1, -0.05) is 23.7 Å². The summed E-state index contributed by atoms with van der Waals surface area (Å²) < 4.78 is 28.3. The van der Waals surface area contributed by atoms with E-state index in [0.29, 0.717) is 5.69 Å². The minimum absolute atomic E-state index is 0.149. The van der Waals surface area contributed by atoms with Crippen molar-refractivity contribution in [1.82, 2.24) is 0 Å². The second-order valence-corrected chi connectivity index (χ2v) is 7.59. The van der Waals surface area contributed by atoms with Crippen LogP contribution in [0.15, 0.2) is 47.4 Å². The van der Waals surface area contributed by atoms with Gasteiger partial charge >= 0.3 is 5.97 Å². The summed E-state index contributed by atoms with van der Waals surface area (Å²) in [5.41, 5.74) is 0.435. The zero-order chi connectivity index (χ0) is 19.3. The molecule has 0 aliphatic heterocycles. The standard InChI is InChI=1S/C17H13ClN2O5S/c1-26(23,24)15-5-3-2-4-13(15)17(22)25-10-16(21)20-12-7-6-11(9-19)14(18)8-12/h2-8H,10H2,1H3,(H,20,21). The van der Waals surface area contributed by atoms with Crippen LogP contribution in [0.1, 0.15) is 15.9 Å². The van der Waals surface area contributed by atoms with Crippen LogP contribution in [0, 0.1) is 11.3 Å². The van der Waals surface area contributed by atoms with E-state index in [4.69, 9.17) is 21.6 Å². The molecule has 9 heteroatoms. The molecule has 0 aliphatic carbocycles. The van der Waals surface area contributed by atoms with Gasteiger partial charge in [0.1, 0.15) is 6.07 Å². The molecule has 1 N–H and O–H groups in total. The Labute approximate surface area is 155 Å². The number of anilines is 1. The molecule has 0 aromatic heterocycles. The number of nitriles is 1. The lowest BCUT2D eigenvalue weighted by Gasteiger charge is -2.09. The van der Waals surface area contributed by atoms with Gasteiger partial charge in [-0.15, -0.1) is 0 Å². The number of hydrogen-bond acceptors (Lipinski definition) is 6. The van der Waals surface area contributed by atoms with Gasteiger partial charge in [-0.25, -0.2) is 13.2 Å². The Hall–Kier alpha value is -2.89. The highest BCUT2D eigenvalue weighted by Gasteiger charge is 2.20. The third-order valence-electron chi connectivity index (χ3n) is 3.21. The van der Waals surface area contributed by atoms with Crippen LogP contribution in [0.2, 0.25) is 5.02 Å². The molecule has 0 saturated heterocycles. The van der Waals surface area contributed by atoms with Gasteiger partial charge in [0.25, 0.3) is 5.91 Å². The van der Waals surface area contributed by atoms with Crippen molar-refractivity contribution in [2.24, 2.45) is 0 Å². The monoisotopic (exact) mass is 392 g/mol. The van der Waals surface area contributed by atoms with Crippen LogP contribution in [-0.2, 0) is 19.4 Å². The smallest absolute Gasteiger partial charge is 0.339 e. The van der Waals surface area contributed by atoms with Crippen LogP contribution in [-0.4, -0.2) is 33.2 Å². The average molecular weight is 393 g/mol. The molecule has 0 unspecified atom stereocenters. The van der Waals surface area contributed by atoms with Crippen LogP contribution >= 0.6 is 11.6 Å². The molecular formula is C17H13ClN2O5S. The van der Waals surface area contributed by atoms with Crippen LogP contribution < -0.4 is 5.32 Å². The lowest BCUT2D eigenvalue weighted by atomic mass is 10.2. The Kier molecular flexibility index (Phi) is 5.97. The molecule has 0 radical (unpaired) electrons. The van der Waals surface area contributed by atoms with Crippen molar-refractivity contribution in [2.45, 2.75) is 4.90 Å². The molecule has 0 fully saturated rings. The zero-order valence-corrected chi connectivity index (χ0v) is 15.1. The summed E-state index contributed by atoms with van der Waals surface area (Å²) >= 11 is 5.86. The summed E-state index contributed by atoms with van der Waals surface area (Å²) in [5.74, 6) is -1.57. The molecule has 0 spiro atoms. The fourth-order valence-corrected chi connectivity index (χ4v) is 3.15. The third kappa shape index (κ3) is 4.81. The SMILES string of the molecule is CS(=O)(=O)c1ccccc1C(=O)OCC(=O)Nc1ccc(C#N)c(Cl)c1. The van der Waals surface area contributed by atoms with Gasteiger partial charge in [-0.2, -0.15) is 5.26 Å². The van der Waals surface area contributed by atoms with Gasteiger partial charge in [0.05, 0.1) is 21.0 Å². The van der Waals surface area contributed by atoms with E-state index in [2.05, 4.69) is 5.32 Å². The number of benzene rings is 2. The normalized spacial score (nSPS) is 10.7. The molecule has 7 nitrogen and oxygen atoms in total. The first-order valence-corrected chi connectivity index (χ1v) is 9.45. The molecule has 0 atom stereocenters. The fourth-order valence-electron chi connectivity index (χ4n) is 2.05. The zero-order valence-electron chi connectivity index (χ0n) is 13.5. The Morgan fingerprint density at radius 1 is 1.23 bits per heavy atom. The second kappa shape index (κ2) is 7.99. The maximum Gasteiger partial charge on any atom is 0.339 e. The molecule has 26 heavy (non-hydrogen) atoms. The van der Waals surface area contributed by atoms with Crippen molar-refractivity contribution in [2.75, 3.05) is 18.2 Å². The number of amides is 1. The molecule has 1 amide bonds. The Balaban J connectivity index is 2.03. The van der Waals surface area contributed by atoms with Gasteiger partial charge in [0.15, 0.2) is 16.4 Å². The van der Waals surface area contributed by atoms with Crippen molar-refractivity contribution in [3.63, 3.8) is 0 Å². The summed E-state index contributed by atoms with van der Waals surface area (Å²) in [4.78, 5) is 23.8. The van der Waals surface area contributed by atoms with Gasteiger partial charge in [-0.3, -0.25) is 4.79 Å². The van der Waals surface area contributed by atoms with Crippen LogP contribution in [0.4, 0.5) is 5.69 Å². The highest BCUT2D eigenvalue weighted by atomic mass is 35.5. The van der Waals surface area contributed by atoms with Crippen molar-refractivity contribution in [3.8, 4) is 6.07 Å². The van der Waals surface area contributed by atoms with E-state index in [1.807, 2.05) is 6.07 Å². The Morgan fingerprint density at radius 3 is 2.54 bits per heavy atom.